The quantitative estimate of drug-likeness (QED) is 0.642. The minimum absolute atomic E-state index is 0.324. The van der Waals surface area contributed by atoms with E-state index in [1.807, 2.05) is 44.2 Å². The molecule has 3 aromatic rings. The largest absolute Gasteiger partial charge is 0.497 e. The third kappa shape index (κ3) is 3.78. The normalized spacial score (nSPS) is 14.1. The van der Waals surface area contributed by atoms with E-state index >= 15 is 0 Å². The van der Waals surface area contributed by atoms with Crippen LogP contribution in [0.3, 0.4) is 0 Å². The van der Waals surface area contributed by atoms with E-state index < -0.39 is 11.8 Å². The van der Waals surface area contributed by atoms with E-state index in [0.29, 0.717) is 43.0 Å². The number of nitrogens with zero attached hydrogens (tertiary/aromatic N) is 4. The van der Waals surface area contributed by atoms with Gasteiger partial charge in [-0.05, 0) is 49.7 Å². The molecule has 3 heterocycles. The van der Waals surface area contributed by atoms with Crippen LogP contribution in [0.2, 0.25) is 0 Å². The molecule has 0 radical (unpaired) electrons. The molecule has 0 aliphatic carbocycles. The van der Waals surface area contributed by atoms with Gasteiger partial charge in [-0.1, -0.05) is 0 Å². The summed E-state index contributed by atoms with van der Waals surface area (Å²) in [6.07, 6.45) is 0. The van der Waals surface area contributed by atoms with Crippen molar-refractivity contribution in [2.24, 2.45) is 0 Å². The molecule has 0 unspecified atom stereocenters. The summed E-state index contributed by atoms with van der Waals surface area (Å²) in [6, 6.07) is 9.71. The van der Waals surface area contributed by atoms with Crippen LogP contribution in [0.15, 0.2) is 30.3 Å². The molecule has 0 bridgehead atoms. The van der Waals surface area contributed by atoms with Gasteiger partial charge in [0.05, 0.1) is 12.5 Å². The summed E-state index contributed by atoms with van der Waals surface area (Å²) in [5.41, 5.74) is 3.44. The van der Waals surface area contributed by atoms with Gasteiger partial charge in [0.2, 0.25) is 0 Å². The summed E-state index contributed by atoms with van der Waals surface area (Å²) >= 11 is 0. The van der Waals surface area contributed by atoms with Gasteiger partial charge in [-0.2, -0.15) is 5.10 Å². The zero-order valence-corrected chi connectivity index (χ0v) is 17.2. The van der Waals surface area contributed by atoms with Crippen molar-refractivity contribution in [3.8, 4) is 5.75 Å². The molecule has 1 aliphatic heterocycles. The number of amides is 2. The lowest BCUT2D eigenvalue weighted by molar-refractivity contribution is -0.143. The number of piperazine rings is 1. The maximum Gasteiger partial charge on any atom is 0.315 e. The molecule has 0 atom stereocenters. The summed E-state index contributed by atoms with van der Waals surface area (Å²) in [6.45, 7) is 6.06. The third-order valence-corrected chi connectivity index (χ3v) is 5.29. The van der Waals surface area contributed by atoms with Crippen LogP contribution in [0.1, 0.15) is 11.3 Å². The Kier molecular flexibility index (Phi) is 5.26. The van der Waals surface area contributed by atoms with Crippen LogP contribution in [0.5, 0.6) is 5.75 Å². The lowest BCUT2D eigenvalue weighted by Gasteiger charge is -2.35. The second-order valence-corrected chi connectivity index (χ2v) is 7.31. The van der Waals surface area contributed by atoms with Crippen molar-refractivity contribution >= 4 is 34.4 Å². The predicted octanol–water partition coefficient (Wildman–Crippen LogP) is 1.87. The van der Waals surface area contributed by atoms with Crippen molar-refractivity contribution in [1.29, 1.82) is 0 Å². The number of hydrogen-bond donors (Lipinski definition) is 2. The number of hydrogen-bond acceptors (Lipinski definition) is 6. The topological polar surface area (TPSA) is 103 Å². The number of ether oxygens (including phenoxy) is 1. The molecule has 1 fully saturated rings. The summed E-state index contributed by atoms with van der Waals surface area (Å²) in [4.78, 5) is 33.3. The number of aromatic nitrogens is 3. The maximum atomic E-state index is 12.7. The number of anilines is 2. The van der Waals surface area contributed by atoms with Crippen molar-refractivity contribution in [2.45, 2.75) is 13.8 Å². The standard InChI is InChI=1S/C21H24N6O3/c1-13-12-14(2)22-18-17(13)19(25-24-18)23-20(28)21(29)27-10-8-26(9-11-27)15-4-6-16(30-3)7-5-15/h4-7,12H,8-11H2,1-3H3,(H2,22,23,24,25,28). The minimum atomic E-state index is -0.693. The number of fused-ring (bicyclic) bond motifs is 1. The van der Waals surface area contributed by atoms with Gasteiger partial charge in [-0.25, -0.2) is 4.98 Å². The van der Waals surface area contributed by atoms with Crippen LogP contribution in [0, 0.1) is 13.8 Å². The molecule has 30 heavy (non-hydrogen) atoms. The number of carbonyl (C=O) groups is 2. The Morgan fingerprint density at radius 3 is 2.47 bits per heavy atom. The summed E-state index contributed by atoms with van der Waals surface area (Å²) in [5.74, 6) is -0.125. The second kappa shape index (κ2) is 8.02. The number of methoxy groups -OCH3 is 1. The first kappa shape index (κ1) is 19.7. The number of rotatable bonds is 3. The van der Waals surface area contributed by atoms with E-state index in [0.717, 1.165) is 22.7 Å². The predicted molar refractivity (Wildman–Crippen MR) is 114 cm³/mol. The first-order chi connectivity index (χ1) is 14.5. The Morgan fingerprint density at radius 1 is 1.10 bits per heavy atom. The average molecular weight is 408 g/mol. The van der Waals surface area contributed by atoms with Crippen molar-refractivity contribution in [2.75, 3.05) is 43.5 Å². The van der Waals surface area contributed by atoms with Crippen molar-refractivity contribution in [1.82, 2.24) is 20.1 Å². The van der Waals surface area contributed by atoms with Crippen LogP contribution in [0.4, 0.5) is 11.5 Å². The fourth-order valence-electron chi connectivity index (χ4n) is 3.74. The minimum Gasteiger partial charge on any atom is -0.497 e. The Labute approximate surface area is 174 Å². The molecule has 2 amide bonds. The van der Waals surface area contributed by atoms with Crippen molar-refractivity contribution in [3.05, 3.63) is 41.6 Å². The van der Waals surface area contributed by atoms with Gasteiger partial charge in [-0.3, -0.25) is 14.7 Å². The SMILES string of the molecule is COc1ccc(N2CCN(C(=O)C(=O)Nc3n[nH]c4nc(C)cc(C)c34)CC2)cc1. The van der Waals surface area contributed by atoms with E-state index in [1.165, 1.54) is 0 Å². The molecule has 4 rings (SSSR count). The highest BCUT2D eigenvalue weighted by molar-refractivity contribution is 6.40. The highest BCUT2D eigenvalue weighted by Gasteiger charge is 2.27. The zero-order valence-electron chi connectivity index (χ0n) is 17.2. The number of aromatic amines is 1. The summed E-state index contributed by atoms with van der Waals surface area (Å²) in [5, 5.41) is 10.3. The monoisotopic (exact) mass is 408 g/mol. The van der Waals surface area contributed by atoms with E-state index in [1.54, 1.807) is 12.0 Å². The van der Waals surface area contributed by atoms with Gasteiger partial charge in [0, 0.05) is 37.6 Å². The molecule has 9 nitrogen and oxygen atoms in total. The average Bonchev–Trinajstić information content (AvgIpc) is 3.16. The lowest BCUT2D eigenvalue weighted by atomic mass is 10.2. The first-order valence-corrected chi connectivity index (χ1v) is 9.78. The summed E-state index contributed by atoms with van der Waals surface area (Å²) in [7, 11) is 1.63. The maximum absolute atomic E-state index is 12.7. The highest BCUT2D eigenvalue weighted by atomic mass is 16.5. The third-order valence-electron chi connectivity index (χ3n) is 5.29. The summed E-state index contributed by atoms with van der Waals surface area (Å²) < 4.78 is 5.19. The Bertz CT molecular complexity index is 1080. The van der Waals surface area contributed by atoms with E-state index in [4.69, 9.17) is 4.74 Å². The molecule has 2 aromatic heterocycles. The van der Waals surface area contributed by atoms with Gasteiger partial charge in [-0.15, -0.1) is 0 Å². The van der Waals surface area contributed by atoms with E-state index in [-0.39, 0.29) is 0 Å². The van der Waals surface area contributed by atoms with Crippen LogP contribution in [-0.4, -0.2) is 65.2 Å². The van der Waals surface area contributed by atoms with Crippen LogP contribution in [-0.2, 0) is 9.59 Å². The zero-order chi connectivity index (χ0) is 21.3. The Hall–Kier alpha value is -3.62. The number of aryl methyl sites for hydroxylation is 2. The van der Waals surface area contributed by atoms with Gasteiger partial charge < -0.3 is 19.9 Å². The van der Waals surface area contributed by atoms with Gasteiger partial charge in [0.25, 0.3) is 0 Å². The van der Waals surface area contributed by atoms with Crippen LogP contribution >= 0.6 is 0 Å². The smallest absolute Gasteiger partial charge is 0.315 e. The molecule has 2 N–H and O–H groups in total. The van der Waals surface area contributed by atoms with Gasteiger partial charge in [0.1, 0.15) is 5.75 Å². The number of nitrogens with one attached hydrogen (secondary N) is 2. The molecule has 1 saturated heterocycles. The Morgan fingerprint density at radius 2 is 1.80 bits per heavy atom. The number of pyridine rings is 1. The van der Waals surface area contributed by atoms with Crippen LogP contribution in [0.25, 0.3) is 11.0 Å². The van der Waals surface area contributed by atoms with Gasteiger partial charge in [0.15, 0.2) is 11.5 Å². The van der Waals surface area contributed by atoms with Gasteiger partial charge >= 0.3 is 11.8 Å². The fraction of sp³-hybridized carbons (Fsp3) is 0.333. The molecule has 0 spiro atoms. The number of benzene rings is 1. The number of carbonyl (C=O) groups excluding carboxylic acids is 2. The molecule has 0 saturated carbocycles. The Balaban J connectivity index is 1.39. The number of H-pyrrole nitrogens is 1. The van der Waals surface area contributed by atoms with E-state index in [2.05, 4.69) is 25.4 Å². The lowest BCUT2D eigenvalue weighted by Crippen LogP contribution is -2.51. The van der Waals surface area contributed by atoms with Crippen LogP contribution < -0.4 is 15.0 Å². The molecule has 9 heteroatoms. The van der Waals surface area contributed by atoms with E-state index in [9.17, 15) is 9.59 Å². The molecular formula is C21H24N6O3. The fourth-order valence-corrected chi connectivity index (χ4v) is 3.74. The first-order valence-electron chi connectivity index (χ1n) is 9.78. The molecule has 156 valence electrons. The molecule has 1 aromatic carbocycles. The molecule has 1 aliphatic rings. The van der Waals surface area contributed by atoms with Crippen molar-refractivity contribution < 1.29 is 14.3 Å². The molecular weight excluding hydrogens is 384 g/mol. The highest BCUT2D eigenvalue weighted by Crippen LogP contribution is 2.24. The van der Waals surface area contributed by atoms with Crippen molar-refractivity contribution in [3.63, 3.8) is 0 Å². The second-order valence-electron chi connectivity index (χ2n) is 7.31.